The number of ether oxygens (including phenoxy) is 1. The van der Waals surface area contributed by atoms with E-state index >= 15 is 0 Å². The predicted molar refractivity (Wildman–Crippen MR) is 58.6 cm³/mol. The Kier molecular flexibility index (Phi) is 3.62. The van der Waals surface area contributed by atoms with Crippen molar-refractivity contribution in [2.24, 2.45) is 5.92 Å². The number of rotatable bonds is 5. The predicted octanol–water partition coefficient (Wildman–Crippen LogP) is 1.81. The van der Waals surface area contributed by atoms with Gasteiger partial charge in [-0.2, -0.15) is 0 Å². The van der Waals surface area contributed by atoms with E-state index < -0.39 is 0 Å². The third kappa shape index (κ3) is 2.71. The number of esters is 1. The lowest BCUT2D eigenvalue weighted by molar-refractivity contribution is -0.145. The highest BCUT2D eigenvalue weighted by atomic mass is 16.5. The van der Waals surface area contributed by atoms with Crippen molar-refractivity contribution in [1.82, 2.24) is 4.90 Å². The van der Waals surface area contributed by atoms with E-state index in [1.54, 1.807) is 0 Å². The Balaban J connectivity index is 1.66. The van der Waals surface area contributed by atoms with Crippen LogP contribution in [0, 0.1) is 5.92 Å². The van der Waals surface area contributed by atoms with Crippen molar-refractivity contribution in [3.8, 4) is 0 Å². The summed E-state index contributed by atoms with van der Waals surface area (Å²) in [5, 5.41) is 0. The van der Waals surface area contributed by atoms with Gasteiger partial charge in [0.15, 0.2) is 0 Å². The zero-order valence-electron chi connectivity index (χ0n) is 9.58. The molecule has 0 spiro atoms. The zero-order valence-corrected chi connectivity index (χ0v) is 9.58. The Morgan fingerprint density at radius 1 is 1.47 bits per heavy atom. The fraction of sp³-hybridized carbons (Fsp3) is 0.917. The van der Waals surface area contributed by atoms with Gasteiger partial charge in [0.1, 0.15) is 0 Å². The summed E-state index contributed by atoms with van der Waals surface area (Å²) in [5.41, 5.74) is 0. The van der Waals surface area contributed by atoms with E-state index in [-0.39, 0.29) is 5.97 Å². The highest BCUT2D eigenvalue weighted by Crippen LogP contribution is 2.36. The summed E-state index contributed by atoms with van der Waals surface area (Å²) in [6.07, 6.45) is 6.03. The first-order valence-electron chi connectivity index (χ1n) is 6.19. The second kappa shape index (κ2) is 4.97. The van der Waals surface area contributed by atoms with Crippen molar-refractivity contribution in [3.05, 3.63) is 0 Å². The van der Waals surface area contributed by atoms with Crippen LogP contribution in [0.15, 0.2) is 0 Å². The number of nitrogens with zero attached hydrogens (tertiary/aromatic N) is 1. The van der Waals surface area contributed by atoms with Gasteiger partial charge in [-0.15, -0.1) is 0 Å². The van der Waals surface area contributed by atoms with E-state index in [0.29, 0.717) is 19.2 Å². The molecule has 1 saturated carbocycles. The van der Waals surface area contributed by atoms with Gasteiger partial charge in [-0.1, -0.05) is 13.3 Å². The Bertz CT molecular complexity index is 230. The molecule has 2 rings (SSSR count). The van der Waals surface area contributed by atoms with Crippen molar-refractivity contribution in [2.45, 2.75) is 45.1 Å². The molecule has 86 valence electrons. The van der Waals surface area contributed by atoms with Crippen molar-refractivity contribution >= 4 is 5.97 Å². The molecule has 0 aromatic heterocycles. The van der Waals surface area contributed by atoms with Gasteiger partial charge >= 0.3 is 5.97 Å². The maximum Gasteiger partial charge on any atom is 0.320 e. The molecule has 3 nitrogen and oxygen atoms in total. The van der Waals surface area contributed by atoms with Gasteiger partial charge < -0.3 is 4.74 Å². The molecule has 1 aliphatic carbocycles. The largest absolute Gasteiger partial charge is 0.465 e. The molecule has 1 aliphatic heterocycles. The molecular weight excluding hydrogens is 190 g/mol. The molecule has 2 bridgehead atoms. The quantitative estimate of drug-likeness (QED) is 0.513. The Morgan fingerprint density at radius 2 is 2.33 bits per heavy atom. The number of carbonyl (C=O) groups excluding carboxylic acids is 1. The second-order valence-corrected chi connectivity index (χ2v) is 4.84. The molecule has 2 atom stereocenters. The average molecular weight is 211 g/mol. The second-order valence-electron chi connectivity index (χ2n) is 4.84. The minimum absolute atomic E-state index is 0.0315. The lowest BCUT2D eigenvalue weighted by Crippen LogP contribution is -2.37. The third-order valence-corrected chi connectivity index (χ3v) is 3.62. The fourth-order valence-electron chi connectivity index (χ4n) is 2.76. The van der Waals surface area contributed by atoms with Crippen LogP contribution >= 0.6 is 0 Å². The van der Waals surface area contributed by atoms with Crippen molar-refractivity contribution in [2.75, 3.05) is 19.7 Å². The summed E-state index contributed by atoms with van der Waals surface area (Å²) in [6.45, 7) is 4.34. The monoisotopic (exact) mass is 211 g/mol. The smallest absolute Gasteiger partial charge is 0.320 e. The number of likely N-dealkylation sites (tertiary alicyclic amines) is 1. The van der Waals surface area contributed by atoms with E-state index in [1.807, 2.05) is 0 Å². The Labute approximate surface area is 91.8 Å². The molecule has 1 heterocycles. The van der Waals surface area contributed by atoms with Crippen molar-refractivity contribution < 1.29 is 9.53 Å². The average Bonchev–Trinajstić information content (AvgIpc) is 2.79. The fourth-order valence-corrected chi connectivity index (χ4v) is 2.76. The third-order valence-electron chi connectivity index (χ3n) is 3.62. The topological polar surface area (TPSA) is 29.5 Å². The molecule has 15 heavy (non-hydrogen) atoms. The van der Waals surface area contributed by atoms with Gasteiger partial charge in [0, 0.05) is 12.6 Å². The number of carbonyl (C=O) groups is 1. The van der Waals surface area contributed by atoms with Crippen LogP contribution in [0.25, 0.3) is 0 Å². The number of fused-ring (bicyclic) bond motifs is 2. The number of hydrogen-bond acceptors (Lipinski definition) is 3. The summed E-state index contributed by atoms with van der Waals surface area (Å²) >= 11 is 0. The van der Waals surface area contributed by atoms with Crippen LogP contribution in [0.1, 0.15) is 39.0 Å². The summed E-state index contributed by atoms with van der Waals surface area (Å²) in [5.74, 6) is 0.828. The first-order valence-corrected chi connectivity index (χ1v) is 6.19. The number of unbranched alkanes of at least 4 members (excludes halogenated alkanes) is 1. The normalized spacial score (nSPS) is 29.7. The lowest BCUT2D eigenvalue weighted by Gasteiger charge is -2.25. The molecule has 2 unspecified atom stereocenters. The van der Waals surface area contributed by atoms with E-state index in [1.165, 1.54) is 19.3 Å². The van der Waals surface area contributed by atoms with Crippen LogP contribution in [0.4, 0.5) is 0 Å². The number of piperidine rings is 1. The first kappa shape index (κ1) is 10.9. The minimum Gasteiger partial charge on any atom is -0.465 e. The van der Waals surface area contributed by atoms with E-state index in [4.69, 9.17) is 4.74 Å². The molecule has 0 amide bonds. The van der Waals surface area contributed by atoms with Crippen LogP contribution in [0.5, 0.6) is 0 Å². The van der Waals surface area contributed by atoms with Gasteiger partial charge in [0.2, 0.25) is 0 Å². The van der Waals surface area contributed by atoms with Gasteiger partial charge in [0.25, 0.3) is 0 Å². The number of hydrogen-bond donors (Lipinski definition) is 0. The van der Waals surface area contributed by atoms with Crippen LogP contribution in [-0.4, -0.2) is 36.6 Å². The van der Waals surface area contributed by atoms with Crippen LogP contribution in [-0.2, 0) is 9.53 Å². The molecule has 1 saturated heterocycles. The summed E-state index contributed by atoms with van der Waals surface area (Å²) in [6, 6.07) is 0.675. The van der Waals surface area contributed by atoms with E-state index in [0.717, 1.165) is 25.3 Å². The highest BCUT2D eigenvalue weighted by molar-refractivity contribution is 5.71. The van der Waals surface area contributed by atoms with Crippen LogP contribution in [0.3, 0.4) is 0 Å². The molecular formula is C12H21NO2. The summed E-state index contributed by atoms with van der Waals surface area (Å²) in [4.78, 5) is 13.8. The molecule has 2 fully saturated rings. The molecule has 3 heteroatoms. The molecule has 0 N–H and O–H groups in total. The van der Waals surface area contributed by atoms with Gasteiger partial charge in [-0.05, 0) is 31.6 Å². The van der Waals surface area contributed by atoms with Gasteiger partial charge in [-0.25, -0.2) is 0 Å². The maximum atomic E-state index is 11.5. The Hall–Kier alpha value is -0.570. The lowest BCUT2D eigenvalue weighted by atomic mass is 10.1. The van der Waals surface area contributed by atoms with Crippen molar-refractivity contribution in [1.29, 1.82) is 0 Å². The molecule has 0 aromatic carbocycles. The minimum atomic E-state index is -0.0315. The van der Waals surface area contributed by atoms with Crippen LogP contribution in [0.2, 0.25) is 0 Å². The maximum absolute atomic E-state index is 11.5. The highest BCUT2D eigenvalue weighted by Gasteiger charge is 2.38. The zero-order chi connectivity index (χ0) is 10.7. The van der Waals surface area contributed by atoms with E-state index in [9.17, 15) is 4.79 Å². The first-order chi connectivity index (χ1) is 7.29. The standard InChI is InChI=1S/C12H21NO2/c1-2-3-6-15-12(14)9-13-8-10-4-5-11(13)7-10/h10-11H,2-9H2,1H3. The molecule has 2 aliphatic rings. The van der Waals surface area contributed by atoms with E-state index in [2.05, 4.69) is 11.8 Å². The van der Waals surface area contributed by atoms with Gasteiger partial charge in [-0.3, -0.25) is 9.69 Å². The molecule has 0 radical (unpaired) electrons. The SMILES string of the molecule is CCCCOC(=O)CN1CC2CCC1C2. The summed E-state index contributed by atoms with van der Waals surface area (Å²) < 4.78 is 5.17. The Morgan fingerprint density at radius 3 is 2.93 bits per heavy atom. The van der Waals surface area contributed by atoms with Crippen molar-refractivity contribution in [3.63, 3.8) is 0 Å². The summed E-state index contributed by atoms with van der Waals surface area (Å²) in [7, 11) is 0. The van der Waals surface area contributed by atoms with Crippen LogP contribution < -0.4 is 0 Å². The van der Waals surface area contributed by atoms with Gasteiger partial charge in [0.05, 0.1) is 13.2 Å². The molecule has 0 aromatic rings.